The largest absolute Gasteiger partial charge is 0.381 e. The van der Waals surface area contributed by atoms with Crippen LogP contribution in [0.2, 0.25) is 0 Å². The van der Waals surface area contributed by atoms with Crippen LogP contribution >= 0.6 is 0 Å². The second kappa shape index (κ2) is 7.48. The van der Waals surface area contributed by atoms with Gasteiger partial charge in [0, 0.05) is 51.5 Å². The maximum Gasteiger partial charge on any atom is 0.0480 e. The fraction of sp³-hybridized carbons (Fsp3) is 1.00. The highest BCUT2D eigenvalue weighted by atomic mass is 16.5. The Bertz CT molecular complexity index is 424. The summed E-state index contributed by atoms with van der Waals surface area (Å²) in [5.41, 5.74) is 0.971. The summed E-state index contributed by atoms with van der Waals surface area (Å²) < 4.78 is 5.51. The Kier molecular flexibility index (Phi) is 5.88. The van der Waals surface area contributed by atoms with E-state index >= 15 is 0 Å². The molecular formula is C22H42N2O. The minimum absolute atomic E-state index is 0.481. The zero-order chi connectivity index (χ0) is 18.2. The van der Waals surface area contributed by atoms with Crippen molar-refractivity contribution in [2.45, 2.75) is 79.3 Å². The van der Waals surface area contributed by atoms with Gasteiger partial charge in [-0.15, -0.1) is 0 Å². The standard InChI is InChI=1S/C22H42N2O/c1-17(23-13-18(14-23)21(2,3)4)7-10-22(5,6)19-15-24(16-19)20-8-11-25-12-9-20/h17-20H,7-16H2,1-6H3. The van der Waals surface area contributed by atoms with Crippen LogP contribution in [0.3, 0.4) is 0 Å². The van der Waals surface area contributed by atoms with E-state index in [1.54, 1.807) is 0 Å². The molecule has 1 atom stereocenters. The molecule has 3 nitrogen and oxygen atoms in total. The highest BCUT2D eigenvalue weighted by Crippen LogP contribution is 2.41. The molecule has 0 spiro atoms. The van der Waals surface area contributed by atoms with Crippen molar-refractivity contribution >= 4 is 0 Å². The first-order valence-electron chi connectivity index (χ1n) is 10.7. The van der Waals surface area contributed by atoms with Gasteiger partial charge in [0.15, 0.2) is 0 Å². The fourth-order valence-corrected chi connectivity index (χ4v) is 4.74. The summed E-state index contributed by atoms with van der Waals surface area (Å²) in [4.78, 5) is 5.43. The highest BCUT2D eigenvalue weighted by molar-refractivity contribution is 4.95. The molecule has 0 radical (unpaired) electrons. The predicted molar refractivity (Wildman–Crippen MR) is 106 cm³/mol. The van der Waals surface area contributed by atoms with E-state index in [1.165, 1.54) is 51.9 Å². The van der Waals surface area contributed by atoms with Gasteiger partial charge in [0.25, 0.3) is 0 Å². The number of rotatable bonds is 6. The summed E-state index contributed by atoms with van der Waals surface area (Å²) >= 11 is 0. The van der Waals surface area contributed by atoms with Crippen LogP contribution in [0.25, 0.3) is 0 Å². The normalized spacial score (nSPS) is 27.1. The van der Waals surface area contributed by atoms with Crippen molar-refractivity contribution < 1.29 is 4.74 Å². The Morgan fingerprint density at radius 2 is 1.52 bits per heavy atom. The molecule has 3 rings (SSSR count). The molecule has 3 saturated heterocycles. The maximum absolute atomic E-state index is 5.51. The van der Waals surface area contributed by atoms with Gasteiger partial charge in [-0.3, -0.25) is 9.80 Å². The van der Waals surface area contributed by atoms with Gasteiger partial charge in [0.1, 0.15) is 0 Å². The lowest BCUT2D eigenvalue weighted by molar-refractivity contribution is -0.0566. The third-order valence-corrected chi connectivity index (χ3v) is 7.69. The van der Waals surface area contributed by atoms with Gasteiger partial charge >= 0.3 is 0 Å². The summed E-state index contributed by atoms with van der Waals surface area (Å²) in [7, 11) is 0. The van der Waals surface area contributed by atoms with Crippen LogP contribution in [-0.2, 0) is 4.74 Å². The van der Waals surface area contributed by atoms with E-state index < -0.39 is 0 Å². The molecule has 0 saturated carbocycles. The van der Waals surface area contributed by atoms with E-state index in [4.69, 9.17) is 4.74 Å². The Balaban J connectivity index is 1.36. The summed E-state index contributed by atoms with van der Waals surface area (Å²) in [6, 6.07) is 1.56. The molecule has 3 heterocycles. The molecule has 0 N–H and O–H groups in total. The maximum atomic E-state index is 5.51. The van der Waals surface area contributed by atoms with E-state index in [9.17, 15) is 0 Å². The molecule has 3 aliphatic rings. The van der Waals surface area contributed by atoms with Gasteiger partial charge in [0.05, 0.1) is 0 Å². The zero-order valence-corrected chi connectivity index (χ0v) is 17.7. The molecule has 0 amide bonds. The molecule has 1 unspecified atom stereocenters. The Morgan fingerprint density at radius 1 is 0.920 bits per heavy atom. The highest BCUT2D eigenvalue weighted by Gasteiger charge is 2.42. The van der Waals surface area contributed by atoms with E-state index in [0.29, 0.717) is 10.8 Å². The average Bonchev–Trinajstić information content (AvgIpc) is 2.41. The fourth-order valence-electron chi connectivity index (χ4n) is 4.74. The van der Waals surface area contributed by atoms with Crippen LogP contribution in [0, 0.1) is 22.7 Å². The molecule has 0 bridgehead atoms. The minimum Gasteiger partial charge on any atom is -0.381 e. The van der Waals surface area contributed by atoms with E-state index in [0.717, 1.165) is 37.1 Å². The van der Waals surface area contributed by atoms with Crippen molar-refractivity contribution in [2.75, 3.05) is 39.4 Å². The van der Waals surface area contributed by atoms with Crippen LogP contribution in [0.4, 0.5) is 0 Å². The Morgan fingerprint density at radius 3 is 2.08 bits per heavy atom. The summed E-state index contributed by atoms with van der Waals surface area (Å²) in [6.45, 7) is 21.9. The van der Waals surface area contributed by atoms with Gasteiger partial charge in [0.2, 0.25) is 0 Å². The first kappa shape index (κ1) is 19.6. The monoisotopic (exact) mass is 350 g/mol. The smallest absolute Gasteiger partial charge is 0.0480 e. The number of ether oxygens (including phenoxy) is 1. The van der Waals surface area contributed by atoms with E-state index in [1.807, 2.05) is 0 Å². The minimum atomic E-state index is 0.481. The molecule has 3 fully saturated rings. The summed E-state index contributed by atoms with van der Waals surface area (Å²) in [6.07, 6.45) is 5.22. The SMILES string of the molecule is CC(CCC(C)(C)C1CN(C2CCOCC2)C1)N1CC(C(C)(C)C)C1. The lowest BCUT2D eigenvalue weighted by atomic mass is 9.70. The third-order valence-electron chi connectivity index (χ3n) is 7.69. The third kappa shape index (κ3) is 4.59. The molecule has 3 heteroatoms. The average molecular weight is 351 g/mol. The van der Waals surface area contributed by atoms with Gasteiger partial charge < -0.3 is 4.74 Å². The molecular weight excluding hydrogens is 308 g/mol. The van der Waals surface area contributed by atoms with Gasteiger partial charge in [-0.05, 0) is 55.3 Å². The lowest BCUT2D eigenvalue weighted by Gasteiger charge is -2.53. The second-order valence-corrected chi connectivity index (χ2v) is 10.9. The van der Waals surface area contributed by atoms with Crippen molar-refractivity contribution in [3.05, 3.63) is 0 Å². The summed E-state index contributed by atoms with van der Waals surface area (Å²) in [5, 5.41) is 0. The predicted octanol–water partition coefficient (Wildman–Crippen LogP) is 4.27. The quantitative estimate of drug-likeness (QED) is 0.711. The van der Waals surface area contributed by atoms with Crippen LogP contribution in [0.5, 0.6) is 0 Å². The van der Waals surface area contributed by atoms with E-state index in [-0.39, 0.29) is 0 Å². The number of hydrogen-bond donors (Lipinski definition) is 0. The van der Waals surface area contributed by atoms with Gasteiger partial charge in [-0.25, -0.2) is 0 Å². The number of nitrogens with zero attached hydrogens (tertiary/aromatic N) is 2. The van der Waals surface area contributed by atoms with Gasteiger partial charge in [-0.1, -0.05) is 34.6 Å². The van der Waals surface area contributed by atoms with Crippen LogP contribution in [-0.4, -0.2) is 61.3 Å². The molecule has 3 aliphatic heterocycles. The van der Waals surface area contributed by atoms with Crippen molar-refractivity contribution in [1.82, 2.24) is 9.80 Å². The van der Waals surface area contributed by atoms with E-state index in [2.05, 4.69) is 51.3 Å². The van der Waals surface area contributed by atoms with Crippen LogP contribution in [0.15, 0.2) is 0 Å². The van der Waals surface area contributed by atoms with Crippen molar-refractivity contribution in [1.29, 1.82) is 0 Å². The zero-order valence-electron chi connectivity index (χ0n) is 17.7. The molecule has 0 aromatic rings. The second-order valence-electron chi connectivity index (χ2n) is 10.9. The molecule has 0 aromatic carbocycles. The van der Waals surface area contributed by atoms with Crippen molar-refractivity contribution in [3.63, 3.8) is 0 Å². The van der Waals surface area contributed by atoms with Crippen molar-refractivity contribution in [2.24, 2.45) is 22.7 Å². The number of likely N-dealkylation sites (tertiary alicyclic amines) is 2. The van der Waals surface area contributed by atoms with Crippen LogP contribution in [0.1, 0.15) is 67.2 Å². The Labute approximate surface area is 156 Å². The first-order chi connectivity index (χ1) is 11.7. The topological polar surface area (TPSA) is 15.7 Å². The molecule has 146 valence electrons. The number of hydrogen-bond acceptors (Lipinski definition) is 3. The van der Waals surface area contributed by atoms with Crippen molar-refractivity contribution in [3.8, 4) is 0 Å². The summed E-state index contributed by atoms with van der Waals surface area (Å²) in [5.74, 6) is 1.78. The Hall–Kier alpha value is -0.120. The molecule has 0 aromatic heterocycles. The first-order valence-corrected chi connectivity index (χ1v) is 10.7. The molecule has 25 heavy (non-hydrogen) atoms. The lowest BCUT2D eigenvalue weighted by Crippen LogP contribution is -2.58. The molecule has 0 aliphatic carbocycles. The van der Waals surface area contributed by atoms with Gasteiger partial charge in [-0.2, -0.15) is 0 Å². The van der Waals surface area contributed by atoms with Crippen LogP contribution < -0.4 is 0 Å².